The zero-order valence-electron chi connectivity index (χ0n) is 15.9. The average Bonchev–Trinajstić information content (AvgIpc) is 2.64. The fourth-order valence-corrected chi connectivity index (χ4v) is 2.74. The van der Waals surface area contributed by atoms with Gasteiger partial charge < -0.3 is 5.32 Å². The highest BCUT2D eigenvalue weighted by Gasteiger charge is 1.94. The first-order valence-corrected chi connectivity index (χ1v) is 9.98. The molecule has 25 heavy (non-hydrogen) atoms. The zero-order valence-corrected chi connectivity index (χ0v) is 15.9. The van der Waals surface area contributed by atoms with Gasteiger partial charge in [-0.15, -0.1) is 0 Å². The number of unbranched alkanes of at least 4 members (excludes halogenated alkanes) is 7. The van der Waals surface area contributed by atoms with Crippen LogP contribution < -0.4 is 5.32 Å². The molecule has 0 aliphatic carbocycles. The molecule has 0 atom stereocenters. The summed E-state index contributed by atoms with van der Waals surface area (Å²) in [6.45, 7) is 3.04. The maximum Gasteiger partial charge on any atom is 0.243 e. The van der Waals surface area contributed by atoms with Crippen LogP contribution in [0.4, 0.5) is 0 Å². The highest BCUT2D eigenvalue weighted by molar-refractivity contribution is 5.87. The Morgan fingerprint density at radius 1 is 0.920 bits per heavy atom. The smallest absolute Gasteiger partial charge is 0.243 e. The molecule has 1 aromatic rings. The Balaban J connectivity index is 1.95. The van der Waals surface area contributed by atoms with Crippen LogP contribution in [0.3, 0.4) is 0 Å². The predicted octanol–water partition coefficient (Wildman–Crippen LogP) is 5.99. The molecule has 0 unspecified atom stereocenters. The normalized spacial score (nSPS) is 11.4. The molecule has 138 valence electrons. The number of aryl methyl sites for hydroxylation is 1. The minimum absolute atomic E-state index is 0.00987. The Labute approximate surface area is 154 Å². The highest BCUT2D eigenvalue weighted by Crippen LogP contribution is 2.07. The number of rotatable bonds is 14. The minimum Gasteiger partial charge on any atom is -0.353 e. The molecule has 0 saturated carbocycles. The number of nitrogens with one attached hydrogen (secondary N) is 1. The topological polar surface area (TPSA) is 29.1 Å². The van der Waals surface area contributed by atoms with E-state index in [1.807, 2.05) is 18.2 Å². The summed E-state index contributed by atoms with van der Waals surface area (Å²) < 4.78 is 0. The SMILES string of the molecule is CCCCCCCCCCNC(=O)/C=C/C=C/CCc1ccccc1. The maximum absolute atomic E-state index is 11.7. The van der Waals surface area contributed by atoms with Crippen LogP contribution in [0.1, 0.15) is 70.3 Å². The van der Waals surface area contributed by atoms with Crippen molar-refractivity contribution in [3.63, 3.8) is 0 Å². The summed E-state index contributed by atoms with van der Waals surface area (Å²) in [6.07, 6.45) is 19.9. The summed E-state index contributed by atoms with van der Waals surface area (Å²) in [6, 6.07) is 10.4. The van der Waals surface area contributed by atoms with Gasteiger partial charge in [-0.25, -0.2) is 0 Å². The molecule has 2 heteroatoms. The van der Waals surface area contributed by atoms with Gasteiger partial charge in [-0.1, -0.05) is 100 Å². The number of allylic oxidation sites excluding steroid dienone is 3. The molecule has 0 aromatic heterocycles. The second-order valence-corrected chi connectivity index (χ2v) is 6.58. The lowest BCUT2D eigenvalue weighted by Crippen LogP contribution is -2.21. The van der Waals surface area contributed by atoms with Gasteiger partial charge in [0.2, 0.25) is 5.91 Å². The van der Waals surface area contributed by atoms with Crippen molar-refractivity contribution in [1.82, 2.24) is 5.32 Å². The Hall–Kier alpha value is -1.83. The number of hydrogen-bond donors (Lipinski definition) is 1. The van der Waals surface area contributed by atoms with Gasteiger partial charge in [-0.3, -0.25) is 4.79 Å². The van der Waals surface area contributed by atoms with Crippen molar-refractivity contribution in [2.45, 2.75) is 71.1 Å². The number of amides is 1. The number of hydrogen-bond acceptors (Lipinski definition) is 1. The maximum atomic E-state index is 11.7. The molecule has 0 aliphatic rings. The molecule has 1 N–H and O–H groups in total. The number of benzene rings is 1. The van der Waals surface area contributed by atoms with Crippen molar-refractivity contribution in [1.29, 1.82) is 0 Å². The van der Waals surface area contributed by atoms with Gasteiger partial charge in [-0.05, 0) is 24.8 Å². The van der Waals surface area contributed by atoms with E-state index < -0.39 is 0 Å². The Kier molecular flexibility index (Phi) is 13.3. The first-order valence-electron chi connectivity index (χ1n) is 9.98. The van der Waals surface area contributed by atoms with Gasteiger partial charge >= 0.3 is 0 Å². The molecule has 1 aromatic carbocycles. The number of carbonyl (C=O) groups excluding carboxylic acids is 1. The van der Waals surface area contributed by atoms with Crippen LogP contribution in [0, 0.1) is 0 Å². The van der Waals surface area contributed by atoms with Crippen LogP contribution in [0.25, 0.3) is 0 Å². The van der Waals surface area contributed by atoms with Crippen molar-refractivity contribution in [2.24, 2.45) is 0 Å². The monoisotopic (exact) mass is 341 g/mol. The van der Waals surface area contributed by atoms with Crippen molar-refractivity contribution >= 4 is 5.91 Å². The van der Waals surface area contributed by atoms with Gasteiger partial charge in [0.1, 0.15) is 0 Å². The van der Waals surface area contributed by atoms with Gasteiger partial charge in [0.15, 0.2) is 0 Å². The fraction of sp³-hybridized carbons (Fsp3) is 0.522. The van der Waals surface area contributed by atoms with Crippen molar-refractivity contribution in [3.05, 3.63) is 60.2 Å². The van der Waals surface area contributed by atoms with Crippen LogP contribution >= 0.6 is 0 Å². The molecular formula is C23H35NO. The highest BCUT2D eigenvalue weighted by atomic mass is 16.1. The molecule has 0 radical (unpaired) electrons. The zero-order chi connectivity index (χ0) is 18.0. The van der Waals surface area contributed by atoms with Crippen molar-refractivity contribution in [2.75, 3.05) is 6.54 Å². The molecule has 0 fully saturated rings. The molecule has 2 nitrogen and oxygen atoms in total. The van der Waals surface area contributed by atoms with E-state index in [-0.39, 0.29) is 5.91 Å². The molecular weight excluding hydrogens is 306 g/mol. The van der Waals surface area contributed by atoms with E-state index in [2.05, 4.69) is 42.6 Å². The van der Waals surface area contributed by atoms with E-state index in [0.717, 1.165) is 25.8 Å². The van der Waals surface area contributed by atoms with Crippen LogP contribution in [0.2, 0.25) is 0 Å². The minimum atomic E-state index is 0.00987. The Bertz CT molecular complexity index is 490. The molecule has 1 rings (SSSR count). The lowest BCUT2D eigenvalue weighted by Gasteiger charge is -2.02. The van der Waals surface area contributed by atoms with E-state index in [9.17, 15) is 4.79 Å². The van der Waals surface area contributed by atoms with Crippen molar-refractivity contribution < 1.29 is 4.79 Å². The third-order valence-electron chi connectivity index (χ3n) is 4.27. The van der Waals surface area contributed by atoms with Gasteiger partial charge in [0.05, 0.1) is 0 Å². The second kappa shape index (κ2) is 15.7. The van der Waals surface area contributed by atoms with Crippen molar-refractivity contribution in [3.8, 4) is 0 Å². The average molecular weight is 342 g/mol. The van der Waals surface area contributed by atoms with Gasteiger partial charge in [-0.2, -0.15) is 0 Å². The molecule has 1 amide bonds. The van der Waals surface area contributed by atoms with E-state index in [1.54, 1.807) is 6.08 Å². The second-order valence-electron chi connectivity index (χ2n) is 6.58. The van der Waals surface area contributed by atoms with Crippen LogP contribution in [0.15, 0.2) is 54.6 Å². The predicted molar refractivity (Wildman–Crippen MR) is 109 cm³/mol. The lowest BCUT2D eigenvalue weighted by atomic mass is 10.1. The van der Waals surface area contributed by atoms with Crippen LogP contribution in [0.5, 0.6) is 0 Å². The van der Waals surface area contributed by atoms with Gasteiger partial charge in [0.25, 0.3) is 0 Å². The quantitative estimate of drug-likeness (QED) is 0.251. The molecule has 0 saturated heterocycles. The summed E-state index contributed by atoms with van der Waals surface area (Å²) in [5, 5.41) is 2.95. The molecule has 0 heterocycles. The van der Waals surface area contributed by atoms with E-state index >= 15 is 0 Å². The summed E-state index contributed by atoms with van der Waals surface area (Å²) in [5.41, 5.74) is 1.35. The first kappa shape index (κ1) is 21.2. The fourth-order valence-electron chi connectivity index (χ4n) is 2.74. The number of carbonyl (C=O) groups is 1. The van der Waals surface area contributed by atoms with Crippen LogP contribution in [-0.4, -0.2) is 12.5 Å². The third kappa shape index (κ3) is 13.2. The summed E-state index contributed by atoms with van der Waals surface area (Å²) in [7, 11) is 0. The first-order chi connectivity index (χ1) is 12.3. The van der Waals surface area contributed by atoms with E-state index in [0.29, 0.717) is 0 Å². The third-order valence-corrected chi connectivity index (χ3v) is 4.27. The summed E-state index contributed by atoms with van der Waals surface area (Å²) >= 11 is 0. The molecule has 0 bridgehead atoms. The Morgan fingerprint density at radius 3 is 2.32 bits per heavy atom. The summed E-state index contributed by atoms with van der Waals surface area (Å²) in [5.74, 6) is 0.00987. The largest absolute Gasteiger partial charge is 0.353 e. The standard InChI is InChI=1S/C23H35NO/c1-2-3-4-5-6-7-10-16-21-24-23(25)20-15-9-8-12-17-22-18-13-11-14-19-22/h8-9,11,13-15,18-20H,2-7,10,12,16-17,21H2,1H3,(H,24,25)/b9-8+,20-15+. The van der Waals surface area contributed by atoms with E-state index in [1.165, 1.54) is 50.5 Å². The lowest BCUT2D eigenvalue weighted by molar-refractivity contribution is -0.116. The molecule has 0 spiro atoms. The van der Waals surface area contributed by atoms with Crippen LogP contribution in [-0.2, 0) is 11.2 Å². The summed E-state index contributed by atoms with van der Waals surface area (Å²) in [4.78, 5) is 11.7. The Morgan fingerprint density at radius 2 is 1.60 bits per heavy atom. The van der Waals surface area contributed by atoms with Gasteiger partial charge in [0, 0.05) is 12.6 Å². The molecule has 0 aliphatic heterocycles. The van der Waals surface area contributed by atoms with E-state index in [4.69, 9.17) is 0 Å².